The third kappa shape index (κ3) is 11.4. The molecule has 5 heteroatoms. The summed E-state index contributed by atoms with van der Waals surface area (Å²) in [7, 11) is -3.30. The summed E-state index contributed by atoms with van der Waals surface area (Å²) in [6, 6.07) is 125. The number of pyridine rings is 1. The van der Waals surface area contributed by atoms with Gasteiger partial charge >= 0.3 is 0 Å². The van der Waals surface area contributed by atoms with E-state index < -0.39 is 16.1 Å². The van der Waals surface area contributed by atoms with E-state index in [4.69, 9.17) is 15.0 Å². The minimum absolute atomic E-state index is 0.724. The highest BCUT2D eigenvalue weighted by atomic mass is 28.3. The highest BCUT2D eigenvalue weighted by molar-refractivity contribution is 7.04. The lowest BCUT2D eigenvalue weighted by atomic mass is 9.92. The Morgan fingerprint density at radius 3 is 0.865 bits per heavy atom. The van der Waals surface area contributed by atoms with Crippen LogP contribution in [0.4, 0.5) is 0 Å². The van der Waals surface area contributed by atoms with Crippen LogP contribution in [-0.4, -0.2) is 31.1 Å². The van der Waals surface area contributed by atoms with Gasteiger partial charge in [-0.25, -0.2) is 15.0 Å². The highest BCUT2D eigenvalue weighted by Gasteiger charge is 2.38. The molecule has 96 heavy (non-hydrogen) atoms. The first-order valence-corrected chi connectivity index (χ1v) is 39.2. The normalized spacial score (nSPS) is 12.8. The Morgan fingerprint density at radius 2 is 0.448 bits per heavy atom. The molecule has 0 unspecified atom stereocenters. The maximum Gasteiger partial charge on any atom is 0.160 e. The van der Waals surface area contributed by atoms with Crippen molar-refractivity contribution in [2.45, 2.75) is 26.2 Å². The van der Waals surface area contributed by atoms with E-state index in [1.807, 2.05) is 36.4 Å². The van der Waals surface area contributed by atoms with Crippen molar-refractivity contribution >= 4 is 36.9 Å². The van der Waals surface area contributed by atoms with Crippen molar-refractivity contribution < 1.29 is 0 Å². The van der Waals surface area contributed by atoms with E-state index >= 15 is 0 Å². The van der Waals surface area contributed by atoms with Crippen molar-refractivity contribution in [3.8, 4) is 145 Å². The van der Waals surface area contributed by atoms with E-state index in [1.54, 1.807) is 20.7 Å². The Morgan fingerprint density at radius 1 is 0.167 bits per heavy atom. The zero-order valence-electron chi connectivity index (χ0n) is 54.3. The van der Waals surface area contributed by atoms with Gasteiger partial charge in [-0.15, -0.1) is 0 Å². The fourth-order valence-electron chi connectivity index (χ4n) is 14.5. The van der Waals surface area contributed by atoms with Crippen LogP contribution in [0.25, 0.3) is 145 Å². The van der Waals surface area contributed by atoms with Gasteiger partial charge in [-0.05, 0) is 146 Å². The first-order chi connectivity index (χ1) is 47.1. The van der Waals surface area contributed by atoms with Crippen LogP contribution in [0.1, 0.15) is 0 Å². The molecule has 0 fully saturated rings. The number of hydrogen-bond donors (Lipinski definition) is 0. The molecule has 0 saturated heterocycles. The zero-order valence-corrected chi connectivity index (χ0v) is 56.3. The molecule has 0 radical (unpaired) electrons. The second kappa shape index (κ2) is 25.1. The van der Waals surface area contributed by atoms with Gasteiger partial charge in [-0.2, -0.15) is 0 Å². The summed E-state index contributed by atoms with van der Waals surface area (Å²) in [5.41, 5.74) is 29.3. The molecule has 0 bridgehead atoms. The summed E-state index contributed by atoms with van der Waals surface area (Å²) in [5.74, 6) is 0.724. The van der Waals surface area contributed by atoms with Crippen molar-refractivity contribution in [2.24, 2.45) is 0 Å². The van der Waals surface area contributed by atoms with Crippen LogP contribution < -0.4 is 20.7 Å². The summed E-state index contributed by atoms with van der Waals surface area (Å²) in [5, 5.41) is 6.18. The molecule has 0 spiro atoms. The van der Waals surface area contributed by atoms with Gasteiger partial charge in [0, 0.05) is 27.8 Å². The summed E-state index contributed by atoms with van der Waals surface area (Å²) < 4.78 is 0. The topological polar surface area (TPSA) is 38.7 Å². The van der Waals surface area contributed by atoms with Crippen LogP contribution in [-0.2, 0) is 0 Å². The van der Waals surface area contributed by atoms with Gasteiger partial charge in [-0.1, -0.05) is 336 Å². The molecule has 0 N–H and O–H groups in total. The second-order valence-electron chi connectivity index (χ2n) is 26.3. The van der Waals surface area contributed by atoms with Gasteiger partial charge in [0.2, 0.25) is 0 Å². The van der Waals surface area contributed by atoms with E-state index in [0.717, 1.165) is 62.0 Å². The number of aromatic nitrogens is 3. The van der Waals surface area contributed by atoms with Gasteiger partial charge in [-0.3, -0.25) is 0 Å². The van der Waals surface area contributed by atoms with Gasteiger partial charge < -0.3 is 0 Å². The Labute approximate surface area is 565 Å². The monoisotopic (exact) mass is 1260 g/mol. The van der Waals surface area contributed by atoms with Crippen LogP contribution in [0.2, 0.25) is 26.2 Å². The molecule has 17 rings (SSSR count). The van der Waals surface area contributed by atoms with Crippen LogP contribution >= 0.6 is 0 Å². The molecule has 3 nitrogen and oxygen atoms in total. The Bertz CT molecular complexity index is 5240. The minimum Gasteiger partial charge on any atom is -0.248 e. The number of rotatable bonds is 11. The van der Waals surface area contributed by atoms with Gasteiger partial charge in [0.25, 0.3) is 0 Å². The molecule has 0 atom stereocenters. The maximum absolute atomic E-state index is 5.10. The van der Waals surface area contributed by atoms with Crippen molar-refractivity contribution in [1.82, 2.24) is 15.0 Å². The maximum atomic E-state index is 5.10. The average molecular weight is 1260 g/mol. The summed E-state index contributed by atoms with van der Waals surface area (Å²) in [6.45, 7) is 9.88. The predicted octanol–water partition coefficient (Wildman–Crippen LogP) is 21.5. The largest absolute Gasteiger partial charge is 0.248 e. The van der Waals surface area contributed by atoms with E-state index in [2.05, 4.69) is 336 Å². The molecule has 2 aliphatic heterocycles. The third-order valence-corrected chi connectivity index (χ3v) is 26.8. The Balaban J connectivity index is 0.000000152. The molecule has 15 aromatic rings. The van der Waals surface area contributed by atoms with Crippen LogP contribution in [0, 0.1) is 0 Å². The van der Waals surface area contributed by atoms with E-state index in [9.17, 15) is 0 Å². The molecule has 0 saturated carbocycles. The smallest absolute Gasteiger partial charge is 0.160 e. The summed E-state index contributed by atoms with van der Waals surface area (Å²) >= 11 is 0. The molecular formula is C91H69N3Si2. The number of benzene rings is 13. The quantitative estimate of drug-likeness (QED) is 0.121. The average Bonchev–Trinajstić information content (AvgIpc) is 1.58. The van der Waals surface area contributed by atoms with Gasteiger partial charge in [0.1, 0.15) is 16.1 Å². The van der Waals surface area contributed by atoms with E-state index in [0.29, 0.717) is 0 Å². The molecular weight excluding hydrogens is 1190 g/mol. The van der Waals surface area contributed by atoms with Crippen molar-refractivity contribution in [3.63, 3.8) is 0 Å². The molecule has 456 valence electrons. The minimum atomic E-state index is -1.65. The number of nitrogens with zero attached hydrogens (tertiary/aromatic N) is 3. The third-order valence-electron chi connectivity index (χ3n) is 19.7. The second-order valence-corrected chi connectivity index (χ2v) is 34.9. The lowest BCUT2D eigenvalue weighted by Gasteiger charge is -2.18. The lowest BCUT2D eigenvalue weighted by molar-refractivity contribution is 1.18. The number of hydrogen-bond acceptors (Lipinski definition) is 3. The van der Waals surface area contributed by atoms with Crippen molar-refractivity contribution in [3.05, 3.63) is 346 Å². The molecule has 4 heterocycles. The van der Waals surface area contributed by atoms with Gasteiger partial charge in [0.15, 0.2) is 5.82 Å². The first kappa shape index (κ1) is 59.5. The Hall–Kier alpha value is -11.5. The SMILES string of the molecule is C[Si]1(C)c2ccccc2-c2cc(-c3ccc(-c4cccc(-c5ccc(-c6cc(-c7ccccc7)nc(-c7ccccc7)n6)cc5)c4)cc3)ccc21.C[Si]1(C)c2ccccc2-c2cc(-c3ccc(-c4ccccc4-c4cc(-c5ccccc5)nc(-c5ccccc5)c4)cc3)ccc21. The van der Waals surface area contributed by atoms with Crippen LogP contribution in [0.15, 0.2) is 346 Å². The lowest BCUT2D eigenvalue weighted by Crippen LogP contribution is -2.49. The number of fused-ring (bicyclic) bond motifs is 6. The van der Waals surface area contributed by atoms with Crippen molar-refractivity contribution in [1.29, 1.82) is 0 Å². The first-order valence-electron chi connectivity index (χ1n) is 33.2. The highest BCUT2D eigenvalue weighted by Crippen LogP contribution is 2.40. The standard InChI is InChI=1S/C48H36N2Si.C43H33NSi/c1-51(2)46-19-10-9-18-42(46)43-31-41(28-29-47(43)51)35-22-20-33(21-23-35)39-16-11-17-40(30-39)34-24-26-37(27-25-34)45-32-44(36-12-5-3-6-13-36)49-48(50-45)38-14-7-4-8-15-38;1-45(2)42-20-12-11-19-38(42)39-27-34(25-26-43(39)45)30-21-23-31(24-22-30)36-17-9-10-18-37(36)35-28-40(32-13-5-3-6-14-32)44-41(29-35)33-15-7-4-8-16-33/h3-32H,1-2H3;3-29H,1-2H3. The predicted molar refractivity (Wildman–Crippen MR) is 410 cm³/mol. The molecule has 13 aromatic carbocycles. The van der Waals surface area contributed by atoms with E-state index in [-0.39, 0.29) is 0 Å². The fourth-order valence-corrected chi connectivity index (χ4v) is 20.6. The van der Waals surface area contributed by atoms with Crippen LogP contribution in [0.5, 0.6) is 0 Å². The Kier molecular flexibility index (Phi) is 15.6. The van der Waals surface area contributed by atoms with Crippen molar-refractivity contribution in [2.75, 3.05) is 0 Å². The molecule has 0 aliphatic carbocycles. The van der Waals surface area contributed by atoms with Crippen LogP contribution in [0.3, 0.4) is 0 Å². The molecule has 2 aliphatic rings. The summed E-state index contributed by atoms with van der Waals surface area (Å²) in [4.78, 5) is 15.0. The molecule has 2 aromatic heterocycles. The molecule has 0 amide bonds. The fraction of sp³-hybridized carbons (Fsp3) is 0.0440. The summed E-state index contributed by atoms with van der Waals surface area (Å²) in [6.07, 6.45) is 0. The van der Waals surface area contributed by atoms with E-state index in [1.165, 1.54) is 83.5 Å². The zero-order chi connectivity index (χ0) is 64.7. The van der Waals surface area contributed by atoms with Gasteiger partial charge in [0.05, 0.1) is 22.8 Å².